The molecule has 0 unspecified atom stereocenters. The van der Waals surface area contributed by atoms with Crippen molar-refractivity contribution in [2.75, 3.05) is 13.2 Å². The number of unbranched alkanes of at least 4 members (excludes halogenated alkanes) is 14. The molecule has 0 aromatic rings. The molecule has 1 N–H and O–H groups in total. The molecule has 0 aliphatic rings. The molecule has 0 amide bonds. The van der Waals surface area contributed by atoms with E-state index in [1.165, 1.54) is 64.2 Å². The average molecular weight is 437 g/mol. The van der Waals surface area contributed by atoms with E-state index in [1.807, 2.05) is 19.1 Å². The summed E-state index contributed by atoms with van der Waals surface area (Å²) < 4.78 is 5.55. The number of hydrogen-bond acceptors (Lipinski definition) is 2. The summed E-state index contributed by atoms with van der Waals surface area (Å²) in [5, 5.41) is 10.1. The topological polar surface area (TPSA) is 46.5 Å². The van der Waals surface area contributed by atoms with E-state index < -0.39 is 11.4 Å². The zero-order valence-corrected chi connectivity index (χ0v) is 20.7. The molecule has 0 saturated carbocycles. The van der Waals surface area contributed by atoms with E-state index in [9.17, 15) is 9.90 Å². The Balaban J connectivity index is 4.25. The first-order chi connectivity index (χ1) is 15.1. The fourth-order valence-corrected chi connectivity index (χ4v) is 4.38. The molecule has 0 radical (unpaired) electrons. The Labute approximate surface area is 193 Å². The summed E-state index contributed by atoms with van der Waals surface area (Å²) >= 11 is 0. The summed E-state index contributed by atoms with van der Waals surface area (Å²) in [4.78, 5) is 12.3. The monoisotopic (exact) mass is 436 g/mol. The summed E-state index contributed by atoms with van der Waals surface area (Å²) in [6, 6.07) is 0. The number of carbonyl (C=O) groups is 1. The molecule has 0 bridgehead atoms. The number of allylic oxidation sites excluding steroid dienone is 2. The van der Waals surface area contributed by atoms with E-state index in [4.69, 9.17) is 4.74 Å². The van der Waals surface area contributed by atoms with Gasteiger partial charge in [-0.2, -0.15) is 0 Å². The number of ether oxygens (including phenoxy) is 1. The predicted molar refractivity (Wildman–Crippen MR) is 135 cm³/mol. The normalized spacial score (nSPS) is 11.5. The van der Waals surface area contributed by atoms with E-state index in [0.717, 1.165) is 51.4 Å². The van der Waals surface area contributed by atoms with E-state index in [0.29, 0.717) is 19.6 Å². The molecule has 0 aromatic carbocycles. The molecule has 0 fully saturated rings. The van der Waals surface area contributed by atoms with Gasteiger partial charge in [0.1, 0.15) is 0 Å². The Bertz CT molecular complexity index is 404. The number of hydrogen-bond donors (Lipinski definition) is 1. The Morgan fingerprint density at radius 1 is 0.710 bits per heavy atom. The van der Waals surface area contributed by atoms with Crippen molar-refractivity contribution in [3.63, 3.8) is 0 Å². The molecular weight excluding hydrogens is 384 g/mol. The van der Waals surface area contributed by atoms with Gasteiger partial charge in [0.15, 0.2) is 0 Å². The van der Waals surface area contributed by atoms with Gasteiger partial charge < -0.3 is 9.84 Å². The molecule has 0 spiro atoms. The first-order valence-corrected chi connectivity index (χ1v) is 13.2. The SMILES string of the molecule is C=CCCCCCCCCCC(CCCCCCCCCC=C)(CCOCC)C(=O)O. The molecule has 3 nitrogen and oxygen atoms in total. The van der Waals surface area contributed by atoms with Crippen LogP contribution in [0.5, 0.6) is 0 Å². The van der Waals surface area contributed by atoms with Crippen LogP contribution in [0.2, 0.25) is 0 Å². The van der Waals surface area contributed by atoms with Crippen LogP contribution in [0.1, 0.15) is 129 Å². The number of rotatable bonds is 25. The predicted octanol–water partition coefficient (Wildman–Crippen LogP) is 8.88. The van der Waals surface area contributed by atoms with Crippen LogP contribution in [0.4, 0.5) is 0 Å². The van der Waals surface area contributed by atoms with Crippen molar-refractivity contribution in [3.8, 4) is 0 Å². The molecule has 0 saturated heterocycles. The highest BCUT2D eigenvalue weighted by Gasteiger charge is 2.36. The van der Waals surface area contributed by atoms with Crippen LogP contribution in [-0.2, 0) is 9.53 Å². The van der Waals surface area contributed by atoms with Gasteiger partial charge >= 0.3 is 5.97 Å². The third-order valence-electron chi connectivity index (χ3n) is 6.51. The minimum absolute atomic E-state index is 0.565. The van der Waals surface area contributed by atoms with Crippen molar-refractivity contribution in [2.45, 2.75) is 129 Å². The number of carboxylic acids is 1. The van der Waals surface area contributed by atoms with Gasteiger partial charge in [-0.15, -0.1) is 13.2 Å². The second kappa shape index (κ2) is 22.1. The third kappa shape index (κ3) is 17.2. The number of carboxylic acid groups (broad SMARTS) is 1. The highest BCUT2D eigenvalue weighted by atomic mass is 16.5. The fraction of sp³-hybridized carbons (Fsp3) is 0.821. The quantitative estimate of drug-likeness (QED) is 0.115. The van der Waals surface area contributed by atoms with Crippen LogP contribution in [0, 0.1) is 5.41 Å². The lowest BCUT2D eigenvalue weighted by atomic mass is 9.75. The molecule has 31 heavy (non-hydrogen) atoms. The van der Waals surface area contributed by atoms with Gasteiger partial charge in [0.05, 0.1) is 5.41 Å². The summed E-state index contributed by atoms with van der Waals surface area (Å²) in [6.45, 7) is 10.7. The smallest absolute Gasteiger partial charge is 0.309 e. The van der Waals surface area contributed by atoms with Crippen LogP contribution in [-0.4, -0.2) is 24.3 Å². The Morgan fingerprint density at radius 2 is 1.10 bits per heavy atom. The van der Waals surface area contributed by atoms with Gasteiger partial charge in [-0.1, -0.05) is 89.2 Å². The largest absolute Gasteiger partial charge is 0.481 e. The van der Waals surface area contributed by atoms with E-state index in [2.05, 4.69) is 13.2 Å². The minimum Gasteiger partial charge on any atom is -0.481 e. The molecule has 0 aromatic heterocycles. The van der Waals surface area contributed by atoms with Gasteiger partial charge in [-0.25, -0.2) is 0 Å². The Hall–Kier alpha value is -1.09. The van der Waals surface area contributed by atoms with Crippen LogP contribution in [0.25, 0.3) is 0 Å². The van der Waals surface area contributed by atoms with Crippen molar-refractivity contribution >= 4 is 5.97 Å². The maximum Gasteiger partial charge on any atom is 0.309 e. The van der Waals surface area contributed by atoms with E-state index in [1.54, 1.807) is 0 Å². The second-order valence-corrected chi connectivity index (χ2v) is 9.14. The van der Waals surface area contributed by atoms with Crippen molar-refractivity contribution in [2.24, 2.45) is 5.41 Å². The molecule has 0 rings (SSSR count). The first kappa shape index (κ1) is 29.9. The van der Waals surface area contributed by atoms with Crippen molar-refractivity contribution in [1.82, 2.24) is 0 Å². The molecule has 0 aliphatic carbocycles. The van der Waals surface area contributed by atoms with Gasteiger partial charge in [0.25, 0.3) is 0 Å². The maximum atomic E-state index is 12.3. The van der Waals surface area contributed by atoms with Crippen LogP contribution < -0.4 is 0 Å². The first-order valence-electron chi connectivity index (χ1n) is 13.2. The fourth-order valence-electron chi connectivity index (χ4n) is 4.38. The lowest BCUT2D eigenvalue weighted by molar-refractivity contribution is -0.151. The van der Waals surface area contributed by atoms with Gasteiger partial charge in [0.2, 0.25) is 0 Å². The number of aliphatic carboxylic acids is 1. The minimum atomic E-state index is -0.610. The van der Waals surface area contributed by atoms with Crippen LogP contribution >= 0.6 is 0 Å². The zero-order valence-electron chi connectivity index (χ0n) is 20.7. The van der Waals surface area contributed by atoms with Crippen molar-refractivity contribution < 1.29 is 14.6 Å². The van der Waals surface area contributed by atoms with Gasteiger partial charge in [-0.3, -0.25) is 4.79 Å². The van der Waals surface area contributed by atoms with Crippen molar-refractivity contribution in [1.29, 1.82) is 0 Å². The lowest BCUT2D eigenvalue weighted by Gasteiger charge is -2.30. The molecule has 0 atom stereocenters. The van der Waals surface area contributed by atoms with Gasteiger partial charge in [0, 0.05) is 13.2 Å². The van der Waals surface area contributed by atoms with E-state index in [-0.39, 0.29) is 0 Å². The third-order valence-corrected chi connectivity index (χ3v) is 6.51. The van der Waals surface area contributed by atoms with Crippen molar-refractivity contribution in [3.05, 3.63) is 25.3 Å². The lowest BCUT2D eigenvalue weighted by Crippen LogP contribution is -2.32. The highest BCUT2D eigenvalue weighted by molar-refractivity contribution is 5.74. The average Bonchev–Trinajstić information content (AvgIpc) is 2.76. The van der Waals surface area contributed by atoms with Crippen LogP contribution in [0.3, 0.4) is 0 Å². The molecule has 0 aliphatic heterocycles. The zero-order chi connectivity index (χ0) is 23.0. The Kier molecular flexibility index (Phi) is 21.3. The van der Waals surface area contributed by atoms with Crippen LogP contribution in [0.15, 0.2) is 25.3 Å². The summed E-state index contributed by atoms with van der Waals surface area (Å²) in [6.07, 6.45) is 25.5. The second-order valence-electron chi connectivity index (χ2n) is 9.14. The molecule has 0 heterocycles. The molecule has 3 heteroatoms. The Morgan fingerprint density at radius 3 is 1.45 bits per heavy atom. The molecular formula is C28H52O3. The van der Waals surface area contributed by atoms with E-state index >= 15 is 0 Å². The van der Waals surface area contributed by atoms with Gasteiger partial charge in [-0.05, 0) is 51.9 Å². The molecule has 182 valence electrons. The summed E-state index contributed by atoms with van der Waals surface area (Å²) in [5.41, 5.74) is -0.594. The maximum absolute atomic E-state index is 12.3. The summed E-state index contributed by atoms with van der Waals surface area (Å²) in [5.74, 6) is -0.610. The summed E-state index contributed by atoms with van der Waals surface area (Å²) in [7, 11) is 0. The standard InChI is InChI=1S/C28H52O3/c1-4-7-9-11-13-15-17-19-21-23-28(27(29)30,25-26-31-6-3)24-22-20-18-16-14-12-10-8-5-2/h4-5H,1-2,6-26H2,3H3,(H,29,30). The highest BCUT2D eigenvalue weighted by Crippen LogP contribution is 2.36.